The molecule has 0 bridgehead atoms. The molecule has 1 heterocycles. The van der Waals surface area contributed by atoms with Crippen molar-refractivity contribution in [3.05, 3.63) is 35.9 Å². The predicted octanol–water partition coefficient (Wildman–Crippen LogP) is 0.756. The molecule has 0 aromatic heterocycles. The van der Waals surface area contributed by atoms with Crippen LogP contribution in [0.5, 0.6) is 0 Å². The van der Waals surface area contributed by atoms with Gasteiger partial charge >= 0.3 is 6.03 Å². The molecule has 2 rings (SSSR count). The van der Waals surface area contributed by atoms with Crippen LogP contribution in [-0.2, 0) is 4.79 Å². The average molecular weight is 302 g/mol. The normalized spacial score (nSPS) is 22.1. The van der Waals surface area contributed by atoms with E-state index in [0.717, 1.165) is 0 Å². The van der Waals surface area contributed by atoms with Gasteiger partial charge in [0, 0.05) is 5.56 Å². The highest BCUT2D eigenvalue weighted by atomic mass is 35.5. The third-order valence-corrected chi connectivity index (χ3v) is 3.22. The Morgan fingerprint density at radius 2 is 1.84 bits per heavy atom. The van der Waals surface area contributed by atoms with Gasteiger partial charge in [-0.05, 0) is 12.1 Å². The van der Waals surface area contributed by atoms with Crippen LogP contribution in [-0.4, -0.2) is 28.3 Å². The molecule has 1 aliphatic heterocycles. The minimum Gasteiger partial charge on any atom is -0.319 e. The molecule has 1 aliphatic rings. The van der Waals surface area contributed by atoms with Crippen molar-refractivity contribution in [2.24, 2.45) is 0 Å². The van der Waals surface area contributed by atoms with Gasteiger partial charge < -0.3 is 10.6 Å². The van der Waals surface area contributed by atoms with Crippen LogP contribution >= 0.6 is 23.2 Å². The lowest BCUT2D eigenvalue weighted by Gasteiger charge is -2.28. The van der Waals surface area contributed by atoms with Crippen LogP contribution in [0.25, 0.3) is 0 Å². The number of nitrogens with one attached hydrogen (secondary N) is 3. The molecule has 1 aromatic carbocycles. The van der Waals surface area contributed by atoms with Crippen molar-refractivity contribution in [3.8, 4) is 0 Å². The summed E-state index contributed by atoms with van der Waals surface area (Å²) < 4.78 is 0. The molecule has 0 saturated carbocycles. The van der Waals surface area contributed by atoms with Gasteiger partial charge in [-0.2, -0.15) is 0 Å². The summed E-state index contributed by atoms with van der Waals surface area (Å²) in [6.07, 6.45) is 0. The first-order valence-electron chi connectivity index (χ1n) is 5.25. The molecule has 19 heavy (non-hydrogen) atoms. The van der Waals surface area contributed by atoms with Crippen LogP contribution in [0, 0.1) is 0 Å². The molecule has 1 atom stereocenters. The first kappa shape index (κ1) is 13.6. The molecule has 3 N–H and O–H groups in total. The van der Waals surface area contributed by atoms with E-state index in [-0.39, 0.29) is 0 Å². The van der Waals surface area contributed by atoms with Gasteiger partial charge in [0.15, 0.2) is 4.84 Å². The fourth-order valence-corrected chi connectivity index (χ4v) is 2.02. The van der Waals surface area contributed by atoms with Gasteiger partial charge in [0.2, 0.25) is 5.66 Å². The number of imide groups is 1. The fraction of sp³-hybridized carbons (Fsp3) is 0.182. The second-order valence-corrected chi connectivity index (χ2v) is 4.93. The maximum absolute atomic E-state index is 12.0. The molecule has 6 nitrogen and oxygen atoms in total. The SMILES string of the molecule is O=C1NC(=O)[C@@](NC(=O)c2ccccc2)(C(Cl)Cl)N1. The predicted molar refractivity (Wildman–Crippen MR) is 68.8 cm³/mol. The zero-order valence-corrected chi connectivity index (χ0v) is 11.0. The van der Waals surface area contributed by atoms with Gasteiger partial charge in [0.05, 0.1) is 0 Å². The van der Waals surface area contributed by atoms with Crippen molar-refractivity contribution < 1.29 is 14.4 Å². The number of alkyl halides is 2. The standard InChI is InChI=1S/C11H9Cl2N3O3/c12-8(13)11(9(18)14-10(19)16-11)15-7(17)6-4-2-1-3-5-6/h1-5,8H,(H,15,17)(H2,14,16,18,19)/t11-/m1/s1. The maximum atomic E-state index is 12.0. The summed E-state index contributed by atoms with van der Waals surface area (Å²) in [4.78, 5) is 33.6. The molecule has 1 saturated heterocycles. The van der Waals surface area contributed by atoms with Gasteiger partial charge in [0.25, 0.3) is 11.8 Å². The van der Waals surface area contributed by atoms with Crippen molar-refractivity contribution in [2.45, 2.75) is 10.5 Å². The summed E-state index contributed by atoms with van der Waals surface area (Å²) >= 11 is 11.4. The quantitative estimate of drug-likeness (QED) is 0.569. The van der Waals surface area contributed by atoms with Crippen LogP contribution in [0.2, 0.25) is 0 Å². The molecular weight excluding hydrogens is 293 g/mol. The van der Waals surface area contributed by atoms with Gasteiger partial charge in [-0.3, -0.25) is 14.9 Å². The Bertz CT molecular complexity index is 535. The highest BCUT2D eigenvalue weighted by Gasteiger charge is 2.52. The third kappa shape index (κ3) is 2.50. The van der Waals surface area contributed by atoms with Gasteiger partial charge in [-0.15, -0.1) is 23.2 Å². The smallest absolute Gasteiger partial charge is 0.319 e. The topological polar surface area (TPSA) is 87.3 Å². The highest BCUT2D eigenvalue weighted by molar-refractivity contribution is 6.47. The Balaban J connectivity index is 2.26. The maximum Gasteiger partial charge on any atom is 0.323 e. The van der Waals surface area contributed by atoms with Crippen molar-refractivity contribution in [1.82, 2.24) is 16.0 Å². The first-order valence-corrected chi connectivity index (χ1v) is 6.12. The van der Waals surface area contributed by atoms with Crippen LogP contribution in [0.15, 0.2) is 30.3 Å². The number of hydrogen-bond acceptors (Lipinski definition) is 3. The van der Waals surface area contributed by atoms with E-state index >= 15 is 0 Å². The number of rotatable bonds is 3. The summed E-state index contributed by atoms with van der Waals surface area (Å²) in [6, 6.07) is 7.39. The van der Waals surface area contributed by atoms with E-state index in [1.165, 1.54) is 0 Å². The molecule has 1 aromatic rings. The highest BCUT2D eigenvalue weighted by Crippen LogP contribution is 2.22. The van der Waals surface area contributed by atoms with Crippen LogP contribution in [0.3, 0.4) is 0 Å². The minimum atomic E-state index is -1.87. The number of carbonyl (C=O) groups excluding carboxylic acids is 3. The molecule has 0 aliphatic carbocycles. The molecule has 4 amide bonds. The Kier molecular flexibility index (Phi) is 3.64. The zero-order valence-electron chi connectivity index (χ0n) is 9.44. The number of hydrogen-bond donors (Lipinski definition) is 3. The van der Waals surface area contributed by atoms with Crippen LogP contribution < -0.4 is 16.0 Å². The summed E-state index contributed by atoms with van der Waals surface area (Å²) in [5.41, 5.74) is -1.56. The third-order valence-electron chi connectivity index (χ3n) is 2.57. The molecule has 0 radical (unpaired) electrons. The summed E-state index contributed by atoms with van der Waals surface area (Å²) in [5, 5.41) is 6.54. The number of amides is 4. The molecule has 1 fully saturated rings. The Hall–Kier alpha value is -1.79. The van der Waals surface area contributed by atoms with Crippen LogP contribution in [0.4, 0.5) is 4.79 Å². The van der Waals surface area contributed by atoms with E-state index in [1.54, 1.807) is 30.3 Å². The Morgan fingerprint density at radius 1 is 1.21 bits per heavy atom. The molecule has 0 unspecified atom stereocenters. The lowest BCUT2D eigenvalue weighted by atomic mass is 10.1. The van der Waals surface area contributed by atoms with Gasteiger partial charge in [-0.1, -0.05) is 18.2 Å². The van der Waals surface area contributed by atoms with Crippen molar-refractivity contribution >= 4 is 41.0 Å². The van der Waals surface area contributed by atoms with E-state index in [9.17, 15) is 14.4 Å². The van der Waals surface area contributed by atoms with Gasteiger partial charge in [0.1, 0.15) is 0 Å². The lowest BCUT2D eigenvalue weighted by molar-refractivity contribution is -0.124. The van der Waals surface area contributed by atoms with E-state index in [0.29, 0.717) is 5.56 Å². The fourth-order valence-electron chi connectivity index (χ4n) is 1.61. The van der Waals surface area contributed by atoms with E-state index < -0.39 is 28.3 Å². The lowest BCUT2D eigenvalue weighted by Crippen LogP contribution is -2.64. The summed E-state index contributed by atoms with van der Waals surface area (Å²) in [6.45, 7) is 0. The van der Waals surface area contributed by atoms with Crippen LogP contribution in [0.1, 0.15) is 10.4 Å². The molecule has 8 heteroatoms. The first-order chi connectivity index (χ1) is 8.95. The number of halogens is 2. The van der Waals surface area contributed by atoms with Crippen molar-refractivity contribution in [2.75, 3.05) is 0 Å². The minimum absolute atomic E-state index is 0.310. The molecular formula is C11H9Cl2N3O3. The second kappa shape index (κ2) is 5.07. The largest absolute Gasteiger partial charge is 0.323 e. The van der Waals surface area contributed by atoms with Crippen molar-refractivity contribution in [1.29, 1.82) is 0 Å². The molecule has 0 spiro atoms. The number of urea groups is 1. The Morgan fingerprint density at radius 3 is 2.32 bits per heavy atom. The monoisotopic (exact) mass is 301 g/mol. The number of benzene rings is 1. The van der Waals surface area contributed by atoms with Gasteiger partial charge in [-0.25, -0.2) is 4.79 Å². The van der Waals surface area contributed by atoms with E-state index in [2.05, 4.69) is 10.6 Å². The second-order valence-electron chi connectivity index (χ2n) is 3.84. The number of carbonyl (C=O) groups is 3. The summed E-state index contributed by atoms with van der Waals surface area (Å²) in [5.74, 6) is -1.39. The Labute approximate surface area is 118 Å². The van der Waals surface area contributed by atoms with Crippen molar-refractivity contribution in [3.63, 3.8) is 0 Å². The zero-order chi connectivity index (χ0) is 14.0. The summed E-state index contributed by atoms with van der Waals surface area (Å²) in [7, 11) is 0. The molecule has 100 valence electrons. The van der Waals surface area contributed by atoms with E-state index in [1.807, 2.05) is 5.32 Å². The average Bonchev–Trinajstić information content (AvgIpc) is 2.66. The van der Waals surface area contributed by atoms with E-state index in [4.69, 9.17) is 23.2 Å².